The molecule has 1 aliphatic heterocycles. The summed E-state index contributed by atoms with van der Waals surface area (Å²) in [5.41, 5.74) is 0.718. The van der Waals surface area contributed by atoms with E-state index in [-0.39, 0.29) is 6.04 Å². The van der Waals surface area contributed by atoms with Gasteiger partial charge in [-0.3, -0.25) is 10.1 Å². The van der Waals surface area contributed by atoms with Crippen molar-refractivity contribution in [2.24, 2.45) is 22.7 Å². The van der Waals surface area contributed by atoms with Crippen molar-refractivity contribution in [3.05, 3.63) is 0 Å². The summed E-state index contributed by atoms with van der Waals surface area (Å²) in [6.07, 6.45) is 6.46. The van der Waals surface area contributed by atoms with E-state index in [9.17, 15) is 4.79 Å². The maximum absolute atomic E-state index is 12.8. The van der Waals surface area contributed by atoms with Crippen LogP contribution in [-0.2, 0) is 4.79 Å². The molecular weight excluding hydrogens is 260 g/mol. The molecule has 3 fully saturated rings. The molecule has 2 unspecified atom stereocenters. The summed E-state index contributed by atoms with van der Waals surface area (Å²) >= 11 is 0. The van der Waals surface area contributed by atoms with Crippen LogP contribution in [0.3, 0.4) is 0 Å². The van der Waals surface area contributed by atoms with Crippen LogP contribution in [0.4, 0.5) is 0 Å². The van der Waals surface area contributed by atoms with Gasteiger partial charge in [0.25, 0.3) is 0 Å². The third-order valence-electron chi connectivity index (χ3n) is 7.24. The topological polar surface area (TPSA) is 32.3 Å². The van der Waals surface area contributed by atoms with Crippen LogP contribution >= 0.6 is 0 Å². The van der Waals surface area contributed by atoms with Gasteiger partial charge in [0.15, 0.2) is 0 Å². The van der Waals surface area contributed by atoms with E-state index >= 15 is 0 Å². The summed E-state index contributed by atoms with van der Waals surface area (Å²) in [7, 11) is 0. The summed E-state index contributed by atoms with van der Waals surface area (Å²) in [6.45, 7) is 12.5. The van der Waals surface area contributed by atoms with Crippen LogP contribution in [0.15, 0.2) is 0 Å². The lowest BCUT2D eigenvalue weighted by Crippen LogP contribution is -2.44. The predicted octanol–water partition coefficient (Wildman–Crippen LogP) is 3.40. The van der Waals surface area contributed by atoms with Gasteiger partial charge in [0.1, 0.15) is 0 Å². The predicted molar refractivity (Wildman–Crippen MR) is 85.7 cm³/mol. The second-order valence-corrected chi connectivity index (χ2v) is 8.60. The fourth-order valence-corrected chi connectivity index (χ4v) is 4.85. The number of nitrogens with zero attached hydrogens (tertiary/aromatic N) is 1. The van der Waals surface area contributed by atoms with Crippen LogP contribution in [0.25, 0.3) is 0 Å². The quantitative estimate of drug-likeness (QED) is 0.861. The van der Waals surface area contributed by atoms with E-state index in [1.165, 1.54) is 25.7 Å². The zero-order chi connectivity index (χ0) is 15.4. The molecule has 3 heteroatoms. The normalized spacial score (nSPS) is 35.7. The number of carbonyl (C=O) groups is 1. The van der Waals surface area contributed by atoms with Gasteiger partial charge in [-0.25, -0.2) is 0 Å². The van der Waals surface area contributed by atoms with E-state index in [2.05, 4.69) is 44.8 Å². The highest BCUT2D eigenvalue weighted by atomic mass is 16.2. The highest BCUT2D eigenvalue weighted by Gasteiger charge is 2.65. The Labute approximate surface area is 129 Å². The average molecular weight is 292 g/mol. The molecular formula is C18H32N2O. The summed E-state index contributed by atoms with van der Waals surface area (Å²) in [5.74, 6) is 1.67. The Morgan fingerprint density at radius 2 is 1.71 bits per heavy atom. The Balaban J connectivity index is 1.75. The number of amides is 1. The van der Waals surface area contributed by atoms with E-state index in [1.54, 1.807) is 0 Å². The molecule has 2 saturated carbocycles. The van der Waals surface area contributed by atoms with E-state index in [4.69, 9.17) is 0 Å². The smallest absolute Gasteiger partial charge is 0.241 e. The van der Waals surface area contributed by atoms with Gasteiger partial charge in [0, 0.05) is 6.54 Å². The van der Waals surface area contributed by atoms with E-state index in [0.717, 1.165) is 13.0 Å². The minimum atomic E-state index is 0.0561. The lowest BCUT2D eigenvalue weighted by Gasteiger charge is -2.29. The minimum Gasteiger partial charge on any atom is -0.325 e. The van der Waals surface area contributed by atoms with Gasteiger partial charge in [-0.05, 0) is 41.9 Å². The van der Waals surface area contributed by atoms with Gasteiger partial charge in [-0.1, -0.05) is 47.5 Å². The molecule has 1 N–H and O–H groups in total. The Kier molecular flexibility index (Phi) is 3.63. The van der Waals surface area contributed by atoms with Crippen molar-refractivity contribution in [1.82, 2.24) is 10.2 Å². The molecule has 1 saturated heterocycles. The molecule has 3 aliphatic rings. The molecule has 0 bridgehead atoms. The van der Waals surface area contributed by atoms with Crippen molar-refractivity contribution < 1.29 is 4.79 Å². The molecule has 0 aromatic rings. The van der Waals surface area contributed by atoms with E-state index in [0.29, 0.717) is 34.7 Å². The van der Waals surface area contributed by atoms with Crippen molar-refractivity contribution in [3.63, 3.8) is 0 Å². The maximum atomic E-state index is 12.8. The first-order valence-corrected chi connectivity index (χ1v) is 8.87. The Morgan fingerprint density at radius 3 is 2.19 bits per heavy atom. The number of nitrogens with one attached hydrogen (secondary N) is 1. The van der Waals surface area contributed by atoms with Crippen molar-refractivity contribution in [2.75, 3.05) is 6.54 Å². The van der Waals surface area contributed by atoms with E-state index < -0.39 is 0 Å². The second-order valence-electron chi connectivity index (χ2n) is 8.60. The van der Waals surface area contributed by atoms with Crippen LogP contribution in [0.2, 0.25) is 0 Å². The van der Waals surface area contributed by atoms with Crippen LogP contribution in [-0.4, -0.2) is 29.6 Å². The third-order valence-corrected chi connectivity index (χ3v) is 7.24. The van der Waals surface area contributed by atoms with Crippen molar-refractivity contribution in [2.45, 2.75) is 78.9 Å². The van der Waals surface area contributed by atoms with E-state index in [1.807, 2.05) is 0 Å². The Morgan fingerprint density at radius 1 is 1.14 bits per heavy atom. The molecule has 3 rings (SSSR count). The molecule has 0 radical (unpaired) electrons. The van der Waals surface area contributed by atoms with Crippen molar-refractivity contribution in [1.29, 1.82) is 0 Å². The molecule has 0 aromatic heterocycles. The molecule has 1 amide bonds. The summed E-state index contributed by atoms with van der Waals surface area (Å²) in [6, 6.07) is 0.0561. The number of hydrogen-bond acceptors (Lipinski definition) is 2. The monoisotopic (exact) mass is 292 g/mol. The first kappa shape index (κ1) is 15.3. The van der Waals surface area contributed by atoms with Gasteiger partial charge in [0.2, 0.25) is 5.91 Å². The molecule has 21 heavy (non-hydrogen) atoms. The maximum Gasteiger partial charge on any atom is 0.241 e. The van der Waals surface area contributed by atoms with Crippen LogP contribution < -0.4 is 5.32 Å². The summed E-state index contributed by atoms with van der Waals surface area (Å²) < 4.78 is 0. The van der Waals surface area contributed by atoms with Gasteiger partial charge in [-0.15, -0.1) is 0 Å². The standard InChI is InChI=1S/C18H32N2O/c1-6-13-16(21)20(11-14-17(2,3)18(14,4)5)15(19-13)12-9-7-8-10-12/h12-15,19H,6-11H2,1-5H3. The molecule has 0 aromatic carbocycles. The molecule has 1 heterocycles. The average Bonchev–Trinajstić information content (AvgIpc) is 2.91. The molecule has 3 nitrogen and oxygen atoms in total. The van der Waals surface area contributed by atoms with Gasteiger partial charge in [0.05, 0.1) is 12.2 Å². The summed E-state index contributed by atoms with van der Waals surface area (Å²) in [5, 5.41) is 3.65. The highest BCUT2D eigenvalue weighted by Crippen LogP contribution is 2.68. The first-order valence-electron chi connectivity index (χ1n) is 8.87. The molecule has 120 valence electrons. The Hall–Kier alpha value is -0.570. The van der Waals surface area contributed by atoms with Crippen LogP contribution in [0.5, 0.6) is 0 Å². The molecule has 2 atom stereocenters. The number of carbonyl (C=O) groups excluding carboxylic acids is 1. The van der Waals surface area contributed by atoms with Crippen molar-refractivity contribution in [3.8, 4) is 0 Å². The van der Waals surface area contributed by atoms with Crippen LogP contribution in [0, 0.1) is 22.7 Å². The second kappa shape index (κ2) is 4.97. The lowest BCUT2D eigenvalue weighted by molar-refractivity contribution is -0.131. The van der Waals surface area contributed by atoms with Gasteiger partial charge >= 0.3 is 0 Å². The molecule has 2 aliphatic carbocycles. The zero-order valence-electron chi connectivity index (χ0n) is 14.4. The first-order chi connectivity index (χ1) is 9.80. The number of hydrogen-bond donors (Lipinski definition) is 1. The van der Waals surface area contributed by atoms with Crippen molar-refractivity contribution >= 4 is 5.91 Å². The number of rotatable bonds is 4. The van der Waals surface area contributed by atoms with Gasteiger partial charge in [-0.2, -0.15) is 0 Å². The fraction of sp³-hybridized carbons (Fsp3) is 0.944. The van der Waals surface area contributed by atoms with Gasteiger partial charge < -0.3 is 4.90 Å². The lowest BCUT2D eigenvalue weighted by atomic mass is 10.0. The summed E-state index contributed by atoms with van der Waals surface area (Å²) in [4.78, 5) is 15.0. The Bertz CT molecular complexity index is 409. The van der Waals surface area contributed by atoms with Crippen LogP contribution in [0.1, 0.15) is 66.7 Å². The largest absolute Gasteiger partial charge is 0.325 e. The zero-order valence-corrected chi connectivity index (χ0v) is 14.4. The fourth-order valence-electron chi connectivity index (χ4n) is 4.85. The third kappa shape index (κ3) is 2.23. The highest BCUT2D eigenvalue weighted by molar-refractivity contribution is 5.84. The SMILES string of the molecule is CCC1NC(C2CCCC2)N(CC2C(C)(C)C2(C)C)C1=O. The molecule has 0 spiro atoms. The minimum absolute atomic E-state index is 0.0561.